The molecular weight excluding hydrogens is 236 g/mol. The van der Waals surface area contributed by atoms with Crippen LogP contribution < -0.4 is 10.1 Å². The SMILES string of the molecule is CC(C)COc1ccc(CN2CCN[C@H](C)C2)cc1. The van der Waals surface area contributed by atoms with Gasteiger partial charge >= 0.3 is 0 Å². The standard InChI is InChI=1S/C16H26N2O/c1-13(2)12-19-16-6-4-15(5-7-16)11-18-9-8-17-14(3)10-18/h4-7,13-14,17H,8-12H2,1-3H3/t14-/m1/s1. The van der Waals surface area contributed by atoms with Crippen LogP contribution in [0.3, 0.4) is 0 Å². The maximum atomic E-state index is 5.71. The van der Waals surface area contributed by atoms with Gasteiger partial charge in [-0.15, -0.1) is 0 Å². The minimum absolute atomic E-state index is 0.571. The highest BCUT2D eigenvalue weighted by atomic mass is 16.5. The van der Waals surface area contributed by atoms with Crippen molar-refractivity contribution in [2.24, 2.45) is 5.92 Å². The highest BCUT2D eigenvalue weighted by Crippen LogP contribution is 2.15. The van der Waals surface area contributed by atoms with Gasteiger partial charge in [-0.1, -0.05) is 26.0 Å². The first-order valence-electron chi connectivity index (χ1n) is 7.31. The van der Waals surface area contributed by atoms with E-state index < -0.39 is 0 Å². The van der Waals surface area contributed by atoms with Crippen molar-refractivity contribution in [1.29, 1.82) is 0 Å². The van der Waals surface area contributed by atoms with E-state index in [0.717, 1.165) is 38.5 Å². The molecule has 1 saturated heterocycles. The lowest BCUT2D eigenvalue weighted by Crippen LogP contribution is -2.48. The van der Waals surface area contributed by atoms with Crippen LogP contribution in [-0.2, 0) is 6.54 Å². The lowest BCUT2D eigenvalue weighted by atomic mass is 10.1. The summed E-state index contributed by atoms with van der Waals surface area (Å²) in [6, 6.07) is 9.14. The van der Waals surface area contributed by atoms with Crippen LogP contribution in [0.2, 0.25) is 0 Å². The first-order chi connectivity index (χ1) is 9.13. The van der Waals surface area contributed by atoms with Crippen LogP contribution in [0.4, 0.5) is 0 Å². The fourth-order valence-corrected chi connectivity index (χ4v) is 2.37. The monoisotopic (exact) mass is 262 g/mol. The van der Waals surface area contributed by atoms with Crippen LogP contribution in [0.25, 0.3) is 0 Å². The van der Waals surface area contributed by atoms with E-state index in [-0.39, 0.29) is 0 Å². The molecule has 1 atom stereocenters. The van der Waals surface area contributed by atoms with Gasteiger partial charge in [0.15, 0.2) is 0 Å². The second-order valence-corrected chi connectivity index (χ2v) is 5.94. The van der Waals surface area contributed by atoms with Gasteiger partial charge in [0.25, 0.3) is 0 Å². The zero-order valence-electron chi connectivity index (χ0n) is 12.4. The normalized spacial score (nSPS) is 20.7. The van der Waals surface area contributed by atoms with Crippen LogP contribution in [0.15, 0.2) is 24.3 Å². The Balaban J connectivity index is 1.84. The summed E-state index contributed by atoms with van der Waals surface area (Å²) < 4.78 is 5.71. The quantitative estimate of drug-likeness (QED) is 0.882. The van der Waals surface area contributed by atoms with E-state index in [1.807, 2.05) is 0 Å². The summed E-state index contributed by atoms with van der Waals surface area (Å²) in [4.78, 5) is 2.51. The molecule has 3 heteroatoms. The van der Waals surface area contributed by atoms with Crippen LogP contribution in [-0.4, -0.2) is 37.2 Å². The molecular formula is C16H26N2O. The smallest absolute Gasteiger partial charge is 0.119 e. The summed E-state index contributed by atoms with van der Waals surface area (Å²) in [6.07, 6.45) is 0. The molecule has 0 spiro atoms. The molecule has 2 rings (SSSR count). The Hall–Kier alpha value is -1.06. The first kappa shape index (κ1) is 14.4. The summed E-state index contributed by atoms with van der Waals surface area (Å²) >= 11 is 0. The third-order valence-corrected chi connectivity index (χ3v) is 3.37. The summed E-state index contributed by atoms with van der Waals surface area (Å²) in [5, 5.41) is 3.47. The van der Waals surface area contributed by atoms with E-state index >= 15 is 0 Å². The molecule has 0 aliphatic carbocycles. The molecule has 1 aromatic rings. The summed E-state index contributed by atoms with van der Waals surface area (Å²) in [5.41, 5.74) is 1.37. The number of benzene rings is 1. The lowest BCUT2D eigenvalue weighted by Gasteiger charge is -2.31. The van der Waals surface area contributed by atoms with E-state index in [1.165, 1.54) is 5.56 Å². The molecule has 1 aliphatic heterocycles. The van der Waals surface area contributed by atoms with Gasteiger partial charge in [-0.3, -0.25) is 4.90 Å². The van der Waals surface area contributed by atoms with Gasteiger partial charge in [0.2, 0.25) is 0 Å². The Kier molecular flexibility index (Phi) is 5.23. The van der Waals surface area contributed by atoms with E-state index in [1.54, 1.807) is 0 Å². The minimum atomic E-state index is 0.571. The number of rotatable bonds is 5. The lowest BCUT2D eigenvalue weighted by molar-refractivity contribution is 0.199. The molecule has 0 amide bonds. The van der Waals surface area contributed by atoms with E-state index in [4.69, 9.17) is 4.74 Å². The molecule has 0 bridgehead atoms. The predicted octanol–water partition coefficient (Wildman–Crippen LogP) is 2.52. The van der Waals surface area contributed by atoms with E-state index in [0.29, 0.717) is 12.0 Å². The minimum Gasteiger partial charge on any atom is -0.493 e. The third kappa shape index (κ3) is 4.84. The van der Waals surface area contributed by atoms with Crippen molar-refractivity contribution in [2.75, 3.05) is 26.2 Å². The predicted molar refractivity (Wildman–Crippen MR) is 79.5 cm³/mol. The number of nitrogens with zero attached hydrogens (tertiary/aromatic N) is 1. The Morgan fingerprint density at radius 1 is 1.32 bits per heavy atom. The highest BCUT2D eigenvalue weighted by molar-refractivity contribution is 5.27. The molecule has 1 N–H and O–H groups in total. The van der Waals surface area contributed by atoms with Gasteiger partial charge in [0.1, 0.15) is 5.75 Å². The van der Waals surface area contributed by atoms with Crippen molar-refractivity contribution in [3.63, 3.8) is 0 Å². The Morgan fingerprint density at radius 2 is 2.05 bits per heavy atom. The number of ether oxygens (including phenoxy) is 1. The van der Waals surface area contributed by atoms with Gasteiger partial charge in [-0.05, 0) is 30.5 Å². The molecule has 0 saturated carbocycles. The maximum absolute atomic E-state index is 5.71. The number of hydrogen-bond donors (Lipinski definition) is 1. The molecule has 1 fully saturated rings. The Bertz CT molecular complexity index is 375. The van der Waals surface area contributed by atoms with Crippen molar-refractivity contribution in [2.45, 2.75) is 33.4 Å². The van der Waals surface area contributed by atoms with Gasteiger partial charge in [-0.25, -0.2) is 0 Å². The average Bonchev–Trinajstić information content (AvgIpc) is 2.38. The zero-order chi connectivity index (χ0) is 13.7. The van der Waals surface area contributed by atoms with Crippen molar-refractivity contribution in [3.8, 4) is 5.75 Å². The third-order valence-electron chi connectivity index (χ3n) is 3.37. The van der Waals surface area contributed by atoms with Crippen molar-refractivity contribution >= 4 is 0 Å². The zero-order valence-corrected chi connectivity index (χ0v) is 12.4. The van der Waals surface area contributed by atoms with Crippen molar-refractivity contribution in [3.05, 3.63) is 29.8 Å². The van der Waals surface area contributed by atoms with Gasteiger partial charge < -0.3 is 10.1 Å². The van der Waals surface area contributed by atoms with Crippen molar-refractivity contribution in [1.82, 2.24) is 10.2 Å². The fraction of sp³-hybridized carbons (Fsp3) is 0.625. The van der Waals surface area contributed by atoms with Gasteiger partial charge in [0, 0.05) is 32.2 Å². The average molecular weight is 262 g/mol. The van der Waals surface area contributed by atoms with Gasteiger partial charge in [-0.2, -0.15) is 0 Å². The largest absolute Gasteiger partial charge is 0.493 e. The summed E-state index contributed by atoms with van der Waals surface area (Å²) in [6.45, 7) is 11.8. The molecule has 0 aromatic heterocycles. The number of hydrogen-bond acceptors (Lipinski definition) is 3. The van der Waals surface area contributed by atoms with Crippen LogP contribution in [0, 0.1) is 5.92 Å². The molecule has 3 nitrogen and oxygen atoms in total. The van der Waals surface area contributed by atoms with Crippen LogP contribution in [0.5, 0.6) is 5.75 Å². The molecule has 106 valence electrons. The topological polar surface area (TPSA) is 24.5 Å². The molecule has 1 aliphatic rings. The van der Waals surface area contributed by atoms with Crippen molar-refractivity contribution < 1.29 is 4.74 Å². The summed E-state index contributed by atoms with van der Waals surface area (Å²) in [7, 11) is 0. The maximum Gasteiger partial charge on any atom is 0.119 e. The number of piperazine rings is 1. The molecule has 0 unspecified atom stereocenters. The summed E-state index contributed by atoms with van der Waals surface area (Å²) in [5.74, 6) is 1.55. The molecule has 0 radical (unpaired) electrons. The molecule has 1 heterocycles. The molecule has 1 aromatic carbocycles. The first-order valence-corrected chi connectivity index (χ1v) is 7.31. The van der Waals surface area contributed by atoms with Crippen LogP contribution in [0.1, 0.15) is 26.3 Å². The van der Waals surface area contributed by atoms with Crippen LogP contribution >= 0.6 is 0 Å². The van der Waals surface area contributed by atoms with E-state index in [9.17, 15) is 0 Å². The second kappa shape index (κ2) is 6.92. The Morgan fingerprint density at radius 3 is 2.68 bits per heavy atom. The van der Waals surface area contributed by atoms with Gasteiger partial charge in [0.05, 0.1) is 6.61 Å². The van der Waals surface area contributed by atoms with E-state index in [2.05, 4.69) is 55.3 Å². The Labute approximate surface area is 116 Å². The molecule has 19 heavy (non-hydrogen) atoms. The fourth-order valence-electron chi connectivity index (χ4n) is 2.37. The second-order valence-electron chi connectivity index (χ2n) is 5.94. The highest BCUT2D eigenvalue weighted by Gasteiger charge is 2.15. The number of nitrogens with one attached hydrogen (secondary N) is 1.